The van der Waals surface area contributed by atoms with Gasteiger partial charge < -0.3 is 11.1 Å². The number of benzene rings is 2. The number of sulfonamides is 1. The van der Waals surface area contributed by atoms with Crippen LogP contribution in [-0.2, 0) is 15.8 Å². The Morgan fingerprint density at radius 2 is 1.83 bits per heavy atom. The molecule has 1 saturated heterocycles. The molecule has 158 valence electrons. The number of rotatable bonds is 6. The van der Waals surface area contributed by atoms with E-state index in [1.54, 1.807) is 15.6 Å². The number of nitrogens with zero attached hydrogens (tertiary/aromatic N) is 1. The summed E-state index contributed by atoms with van der Waals surface area (Å²) in [6.45, 7) is 3.15. The van der Waals surface area contributed by atoms with Crippen LogP contribution in [0.2, 0.25) is 0 Å². The topological polar surface area (TPSA) is 75.4 Å². The van der Waals surface area contributed by atoms with E-state index in [0.717, 1.165) is 40.9 Å². The predicted molar refractivity (Wildman–Crippen MR) is 126 cm³/mol. The fourth-order valence-corrected chi connectivity index (χ4v) is 6.40. The lowest BCUT2D eigenvalue weighted by Gasteiger charge is -2.32. The average Bonchev–Trinajstić information content (AvgIpc) is 3.08. The maximum absolute atomic E-state index is 12.8. The van der Waals surface area contributed by atoms with Gasteiger partial charge in [0.2, 0.25) is 10.0 Å². The summed E-state index contributed by atoms with van der Waals surface area (Å²) >= 11 is 1.66. The summed E-state index contributed by atoms with van der Waals surface area (Å²) < 4.78 is 27.1. The third-order valence-corrected chi connectivity index (χ3v) is 8.61. The molecule has 0 bridgehead atoms. The minimum Gasteiger partial charge on any atom is -0.398 e. The summed E-state index contributed by atoms with van der Waals surface area (Å²) in [7, 11) is -3.28. The van der Waals surface area contributed by atoms with Crippen molar-refractivity contribution in [3.05, 3.63) is 71.1 Å². The fourth-order valence-electron chi connectivity index (χ4n) is 3.86. The molecule has 1 fully saturated rings. The molecule has 3 N–H and O–H groups in total. The molecule has 4 rings (SSSR count). The van der Waals surface area contributed by atoms with Gasteiger partial charge in [-0.2, -0.15) is 0 Å². The number of thiophene rings is 1. The van der Waals surface area contributed by atoms with Crippen LogP contribution in [0.1, 0.15) is 24.0 Å². The highest BCUT2D eigenvalue weighted by Crippen LogP contribution is 2.35. The van der Waals surface area contributed by atoms with E-state index in [1.165, 1.54) is 4.88 Å². The summed E-state index contributed by atoms with van der Waals surface area (Å²) in [6.07, 6.45) is 1.59. The van der Waals surface area contributed by atoms with Gasteiger partial charge in [0.25, 0.3) is 0 Å². The van der Waals surface area contributed by atoms with Gasteiger partial charge in [0.15, 0.2) is 0 Å². The molecule has 0 spiro atoms. The molecule has 2 aromatic carbocycles. The molecule has 1 aromatic heterocycles. The standard InChI is InChI=1S/C23H27N3O2S2/c1-17-22(24)15-29-23(17)19-8-5-9-21(14-19)25-20-10-12-26(13-11-20)30(27,28)16-18-6-3-2-4-7-18/h2-9,14-15,20,25H,10-13,16,24H2,1H3. The van der Waals surface area contributed by atoms with Gasteiger partial charge >= 0.3 is 0 Å². The first-order valence-electron chi connectivity index (χ1n) is 10.1. The quantitative estimate of drug-likeness (QED) is 0.581. The molecule has 2 heterocycles. The number of nitrogen functional groups attached to an aromatic ring is 1. The molecule has 5 nitrogen and oxygen atoms in total. The zero-order chi connectivity index (χ0) is 21.1. The van der Waals surface area contributed by atoms with Crippen molar-refractivity contribution < 1.29 is 8.42 Å². The second-order valence-corrected chi connectivity index (χ2v) is 10.6. The maximum Gasteiger partial charge on any atom is 0.218 e. The van der Waals surface area contributed by atoms with Crippen molar-refractivity contribution in [1.29, 1.82) is 0 Å². The Kier molecular flexibility index (Phi) is 6.13. The van der Waals surface area contributed by atoms with Gasteiger partial charge in [-0.05, 0) is 48.6 Å². The second-order valence-electron chi connectivity index (χ2n) is 7.79. The highest BCUT2D eigenvalue weighted by Gasteiger charge is 2.28. The summed E-state index contributed by atoms with van der Waals surface area (Å²) in [5.41, 5.74) is 11.0. The molecular formula is C23H27N3O2S2. The Balaban J connectivity index is 1.37. The lowest BCUT2D eigenvalue weighted by Crippen LogP contribution is -2.42. The van der Waals surface area contributed by atoms with Crippen molar-refractivity contribution >= 4 is 32.7 Å². The number of hydrogen-bond acceptors (Lipinski definition) is 5. The number of nitrogens with two attached hydrogens (primary N) is 1. The van der Waals surface area contributed by atoms with Gasteiger partial charge in [-0.3, -0.25) is 0 Å². The van der Waals surface area contributed by atoms with E-state index in [9.17, 15) is 8.42 Å². The van der Waals surface area contributed by atoms with Crippen LogP contribution in [-0.4, -0.2) is 31.9 Å². The molecule has 0 atom stereocenters. The van der Waals surface area contributed by atoms with E-state index in [1.807, 2.05) is 48.7 Å². The molecule has 30 heavy (non-hydrogen) atoms. The average molecular weight is 442 g/mol. The smallest absolute Gasteiger partial charge is 0.218 e. The van der Waals surface area contributed by atoms with Crippen LogP contribution in [0.4, 0.5) is 11.4 Å². The van der Waals surface area contributed by atoms with Crippen molar-refractivity contribution in [3.63, 3.8) is 0 Å². The first-order valence-corrected chi connectivity index (χ1v) is 12.6. The van der Waals surface area contributed by atoms with Gasteiger partial charge in [0.05, 0.1) is 5.75 Å². The van der Waals surface area contributed by atoms with Crippen molar-refractivity contribution in [2.75, 3.05) is 24.1 Å². The van der Waals surface area contributed by atoms with E-state index in [0.29, 0.717) is 13.1 Å². The molecule has 0 unspecified atom stereocenters. The highest BCUT2D eigenvalue weighted by atomic mass is 32.2. The summed E-state index contributed by atoms with van der Waals surface area (Å²) in [6, 6.07) is 18.0. The first-order chi connectivity index (χ1) is 14.4. The van der Waals surface area contributed by atoms with Crippen molar-refractivity contribution in [2.45, 2.75) is 31.6 Å². The van der Waals surface area contributed by atoms with Crippen LogP contribution in [0.15, 0.2) is 60.0 Å². The number of hydrogen-bond donors (Lipinski definition) is 2. The molecule has 1 aliphatic rings. The molecule has 3 aromatic rings. The van der Waals surface area contributed by atoms with E-state index >= 15 is 0 Å². The normalized spacial score (nSPS) is 15.9. The lowest BCUT2D eigenvalue weighted by molar-refractivity contribution is 0.329. The van der Waals surface area contributed by atoms with E-state index in [4.69, 9.17) is 5.73 Å². The van der Waals surface area contributed by atoms with E-state index < -0.39 is 10.0 Å². The number of nitrogens with one attached hydrogen (secondary N) is 1. The first kappa shape index (κ1) is 20.9. The van der Waals surface area contributed by atoms with Crippen molar-refractivity contribution in [3.8, 4) is 10.4 Å². The largest absolute Gasteiger partial charge is 0.398 e. The van der Waals surface area contributed by atoms with Gasteiger partial charge in [-0.1, -0.05) is 42.5 Å². The van der Waals surface area contributed by atoms with Crippen molar-refractivity contribution in [1.82, 2.24) is 4.31 Å². The van der Waals surface area contributed by atoms with Crippen LogP contribution < -0.4 is 11.1 Å². The molecule has 1 aliphatic heterocycles. The second kappa shape index (κ2) is 8.79. The Bertz CT molecular complexity index is 1100. The molecule has 0 radical (unpaired) electrons. The van der Waals surface area contributed by atoms with E-state index in [-0.39, 0.29) is 11.8 Å². The fraction of sp³-hybridized carbons (Fsp3) is 0.304. The Morgan fingerprint density at radius 1 is 1.10 bits per heavy atom. The number of anilines is 2. The Hall–Kier alpha value is -2.35. The Morgan fingerprint density at radius 3 is 2.50 bits per heavy atom. The molecule has 0 aliphatic carbocycles. The zero-order valence-electron chi connectivity index (χ0n) is 17.0. The SMILES string of the molecule is Cc1c(N)csc1-c1cccc(NC2CCN(S(=O)(=O)Cc3ccccc3)CC2)c1. The van der Waals surface area contributed by atoms with Crippen LogP contribution in [0.3, 0.4) is 0 Å². The third-order valence-electron chi connectivity index (χ3n) is 5.61. The van der Waals surface area contributed by atoms with Crippen LogP contribution in [0.5, 0.6) is 0 Å². The van der Waals surface area contributed by atoms with Crippen LogP contribution in [0, 0.1) is 6.92 Å². The monoisotopic (exact) mass is 441 g/mol. The minimum absolute atomic E-state index is 0.0667. The Labute approximate surface area is 182 Å². The zero-order valence-corrected chi connectivity index (χ0v) is 18.7. The number of piperidine rings is 1. The lowest BCUT2D eigenvalue weighted by atomic mass is 10.1. The van der Waals surface area contributed by atoms with Gasteiger partial charge in [-0.25, -0.2) is 12.7 Å². The van der Waals surface area contributed by atoms with Gasteiger partial charge in [0, 0.05) is 40.8 Å². The van der Waals surface area contributed by atoms with Crippen molar-refractivity contribution in [2.24, 2.45) is 0 Å². The molecule has 0 saturated carbocycles. The summed E-state index contributed by atoms with van der Waals surface area (Å²) in [4.78, 5) is 1.19. The third kappa shape index (κ3) is 4.69. The van der Waals surface area contributed by atoms with Crippen LogP contribution in [0.25, 0.3) is 10.4 Å². The van der Waals surface area contributed by atoms with Gasteiger partial charge in [-0.15, -0.1) is 11.3 Å². The summed E-state index contributed by atoms with van der Waals surface area (Å²) in [5.74, 6) is 0.0667. The van der Waals surface area contributed by atoms with E-state index in [2.05, 4.69) is 23.5 Å². The minimum atomic E-state index is -3.28. The summed E-state index contributed by atoms with van der Waals surface area (Å²) in [5, 5.41) is 5.57. The highest BCUT2D eigenvalue weighted by molar-refractivity contribution is 7.88. The molecular weight excluding hydrogens is 414 g/mol. The predicted octanol–water partition coefficient (Wildman–Crippen LogP) is 4.71. The van der Waals surface area contributed by atoms with Crippen LogP contribution >= 0.6 is 11.3 Å². The maximum atomic E-state index is 12.8. The molecule has 0 amide bonds. The molecule has 7 heteroatoms. The van der Waals surface area contributed by atoms with Gasteiger partial charge in [0.1, 0.15) is 0 Å².